The third kappa shape index (κ3) is 4.71. The van der Waals surface area contributed by atoms with Gasteiger partial charge < -0.3 is 15.4 Å². The van der Waals surface area contributed by atoms with Gasteiger partial charge in [-0.25, -0.2) is 4.98 Å². The van der Waals surface area contributed by atoms with Crippen LogP contribution in [-0.2, 0) is 0 Å². The number of para-hydroxylation sites is 2. The molecule has 3 aromatic rings. The van der Waals surface area contributed by atoms with E-state index in [-0.39, 0.29) is 0 Å². The number of nitrogens with zero attached hydrogens (tertiary/aromatic N) is 2. The zero-order valence-corrected chi connectivity index (χ0v) is 13.6. The number of ether oxygens (including phenoxy) is 1. The monoisotopic (exact) mass is 320 g/mol. The van der Waals surface area contributed by atoms with Crippen molar-refractivity contribution in [2.45, 2.75) is 6.92 Å². The van der Waals surface area contributed by atoms with E-state index < -0.39 is 0 Å². The van der Waals surface area contributed by atoms with E-state index in [0.29, 0.717) is 19.1 Å². The summed E-state index contributed by atoms with van der Waals surface area (Å²) in [6.45, 7) is 3.17. The number of aromatic nitrogens is 2. The number of anilines is 3. The quantitative estimate of drug-likeness (QED) is 0.644. The van der Waals surface area contributed by atoms with Crippen molar-refractivity contribution in [1.29, 1.82) is 0 Å². The maximum atomic E-state index is 5.66. The second-order valence-electron chi connectivity index (χ2n) is 5.30. The van der Waals surface area contributed by atoms with Gasteiger partial charge in [0.05, 0.1) is 6.54 Å². The molecule has 0 amide bonds. The molecule has 2 N–H and O–H groups in total. The molecule has 0 spiro atoms. The van der Waals surface area contributed by atoms with Crippen LogP contribution in [0.15, 0.2) is 66.7 Å². The maximum absolute atomic E-state index is 5.66. The molecule has 0 unspecified atom stereocenters. The second kappa shape index (κ2) is 7.97. The fourth-order valence-corrected chi connectivity index (χ4v) is 2.23. The van der Waals surface area contributed by atoms with E-state index in [1.54, 1.807) is 0 Å². The van der Waals surface area contributed by atoms with E-state index in [1.807, 2.05) is 73.7 Å². The Hall–Kier alpha value is -3.08. The predicted octanol–water partition coefficient (Wildman–Crippen LogP) is 4.02. The molecule has 1 aromatic heterocycles. The summed E-state index contributed by atoms with van der Waals surface area (Å²) < 4.78 is 5.66. The van der Waals surface area contributed by atoms with Crippen LogP contribution in [0.3, 0.4) is 0 Å². The van der Waals surface area contributed by atoms with Gasteiger partial charge in [0, 0.05) is 17.4 Å². The van der Waals surface area contributed by atoms with E-state index in [1.165, 1.54) is 0 Å². The fourth-order valence-electron chi connectivity index (χ4n) is 2.23. The number of rotatable bonds is 7. The van der Waals surface area contributed by atoms with E-state index in [0.717, 1.165) is 22.9 Å². The summed E-state index contributed by atoms with van der Waals surface area (Å²) in [5.41, 5.74) is 1.86. The zero-order chi connectivity index (χ0) is 16.6. The molecule has 0 radical (unpaired) electrons. The lowest BCUT2D eigenvalue weighted by Crippen LogP contribution is -2.13. The normalized spacial score (nSPS) is 10.2. The lowest BCUT2D eigenvalue weighted by Gasteiger charge is -2.10. The Bertz CT molecular complexity index is 763. The molecule has 0 aliphatic carbocycles. The Kier molecular flexibility index (Phi) is 5.24. The Morgan fingerprint density at radius 2 is 1.62 bits per heavy atom. The van der Waals surface area contributed by atoms with Crippen LogP contribution in [0.25, 0.3) is 0 Å². The second-order valence-corrected chi connectivity index (χ2v) is 5.30. The minimum Gasteiger partial charge on any atom is -0.492 e. The number of hydrogen-bond acceptors (Lipinski definition) is 5. The van der Waals surface area contributed by atoms with Crippen LogP contribution >= 0.6 is 0 Å². The number of aryl methyl sites for hydroxylation is 1. The van der Waals surface area contributed by atoms with Crippen LogP contribution < -0.4 is 15.4 Å². The molecule has 0 aliphatic rings. The number of benzene rings is 2. The lowest BCUT2D eigenvalue weighted by atomic mass is 10.3. The van der Waals surface area contributed by atoms with Crippen LogP contribution in [-0.4, -0.2) is 23.1 Å². The van der Waals surface area contributed by atoms with Gasteiger partial charge in [0.15, 0.2) is 0 Å². The van der Waals surface area contributed by atoms with Crippen LogP contribution in [0.1, 0.15) is 5.69 Å². The van der Waals surface area contributed by atoms with Gasteiger partial charge in [0.2, 0.25) is 5.95 Å². The summed E-state index contributed by atoms with van der Waals surface area (Å²) in [6.07, 6.45) is 0. The van der Waals surface area contributed by atoms with Gasteiger partial charge in [-0.15, -0.1) is 0 Å². The van der Waals surface area contributed by atoms with Gasteiger partial charge in [-0.3, -0.25) is 0 Å². The van der Waals surface area contributed by atoms with Crippen molar-refractivity contribution in [2.24, 2.45) is 0 Å². The highest BCUT2D eigenvalue weighted by Crippen LogP contribution is 2.15. The molecule has 24 heavy (non-hydrogen) atoms. The molecule has 0 saturated carbocycles. The Morgan fingerprint density at radius 3 is 2.38 bits per heavy atom. The highest BCUT2D eigenvalue weighted by Gasteiger charge is 2.03. The third-order valence-corrected chi connectivity index (χ3v) is 3.30. The van der Waals surface area contributed by atoms with Crippen molar-refractivity contribution in [1.82, 2.24) is 9.97 Å². The predicted molar refractivity (Wildman–Crippen MR) is 96.9 cm³/mol. The van der Waals surface area contributed by atoms with E-state index in [9.17, 15) is 0 Å². The number of nitrogens with one attached hydrogen (secondary N) is 2. The minimum atomic E-state index is 0.564. The molecule has 122 valence electrons. The van der Waals surface area contributed by atoms with Gasteiger partial charge in [-0.2, -0.15) is 4.98 Å². The molecular weight excluding hydrogens is 300 g/mol. The molecule has 3 rings (SSSR count). The molecule has 5 nitrogen and oxygen atoms in total. The summed E-state index contributed by atoms with van der Waals surface area (Å²) in [6, 6.07) is 21.6. The van der Waals surface area contributed by atoms with Crippen LogP contribution in [0.4, 0.5) is 17.5 Å². The molecule has 5 heteroatoms. The van der Waals surface area contributed by atoms with Crippen molar-refractivity contribution < 1.29 is 4.74 Å². The molecule has 0 atom stereocenters. The Labute approximate surface area is 141 Å². The summed E-state index contributed by atoms with van der Waals surface area (Å²) in [7, 11) is 0. The van der Waals surface area contributed by atoms with Crippen molar-refractivity contribution >= 4 is 17.5 Å². The van der Waals surface area contributed by atoms with Crippen molar-refractivity contribution in [2.75, 3.05) is 23.8 Å². The summed E-state index contributed by atoms with van der Waals surface area (Å²) in [4.78, 5) is 8.90. The summed E-state index contributed by atoms with van der Waals surface area (Å²) in [5, 5.41) is 6.47. The SMILES string of the molecule is Cc1cc(NCCOc2ccccc2)nc(Nc2ccccc2)n1. The first kappa shape index (κ1) is 15.8. The third-order valence-electron chi connectivity index (χ3n) is 3.30. The smallest absolute Gasteiger partial charge is 0.229 e. The van der Waals surface area contributed by atoms with E-state index in [4.69, 9.17) is 4.74 Å². The molecule has 0 fully saturated rings. The van der Waals surface area contributed by atoms with Gasteiger partial charge in [0.1, 0.15) is 18.2 Å². The first-order valence-corrected chi connectivity index (χ1v) is 7.89. The van der Waals surface area contributed by atoms with Crippen molar-refractivity contribution in [3.8, 4) is 5.75 Å². The molecule has 0 saturated heterocycles. The first-order valence-electron chi connectivity index (χ1n) is 7.89. The van der Waals surface area contributed by atoms with E-state index in [2.05, 4.69) is 20.6 Å². The van der Waals surface area contributed by atoms with Gasteiger partial charge >= 0.3 is 0 Å². The average molecular weight is 320 g/mol. The summed E-state index contributed by atoms with van der Waals surface area (Å²) in [5.74, 6) is 2.22. The highest BCUT2D eigenvalue weighted by atomic mass is 16.5. The molecular formula is C19H20N4O. The van der Waals surface area contributed by atoms with Crippen LogP contribution in [0, 0.1) is 6.92 Å². The Balaban J connectivity index is 1.55. The van der Waals surface area contributed by atoms with Gasteiger partial charge in [0.25, 0.3) is 0 Å². The van der Waals surface area contributed by atoms with Gasteiger partial charge in [-0.05, 0) is 31.2 Å². The Morgan fingerprint density at radius 1 is 0.917 bits per heavy atom. The van der Waals surface area contributed by atoms with Crippen molar-refractivity contribution in [3.63, 3.8) is 0 Å². The zero-order valence-electron chi connectivity index (χ0n) is 13.6. The minimum absolute atomic E-state index is 0.564. The lowest BCUT2D eigenvalue weighted by molar-refractivity contribution is 0.333. The largest absolute Gasteiger partial charge is 0.492 e. The first-order chi connectivity index (χ1) is 11.8. The molecule has 0 bridgehead atoms. The topological polar surface area (TPSA) is 59.1 Å². The standard InChI is InChI=1S/C19H20N4O/c1-15-14-18(20-12-13-24-17-10-6-3-7-11-17)23-19(21-15)22-16-8-4-2-5-9-16/h2-11,14H,12-13H2,1H3,(H2,20,21,22,23). The molecule has 1 heterocycles. The number of hydrogen-bond donors (Lipinski definition) is 2. The van der Waals surface area contributed by atoms with Crippen LogP contribution in [0.2, 0.25) is 0 Å². The molecule has 2 aromatic carbocycles. The summed E-state index contributed by atoms with van der Waals surface area (Å²) >= 11 is 0. The van der Waals surface area contributed by atoms with E-state index >= 15 is 0 Å². The van der Waals surface area contributed by atoms with Gasteiger partial charge in [-0.1, -0.05) is 36.4 Å². The molecule has 0 aliphatic heterocycles. The highest BCUT2D eigenvalue weighted by molar-refractivity contribution is 5.54. The fraction of sp³-hybridized carbons (Fsp3) is 0.158. The van der Waals surface area contributed by atoms with Crippen molar-refractivity contribution in [3.05, 3.63) is 72.4 Å². The average Bonchev–Trinajstić information content (AvgIpc) is 2.60. The maximum Gasteiger partial charge on any atom is 0.229 e. The van der Waals surface area contributed by atoms with Crippen LogP contribution in [0.5, 0.6) is 5.75 Å².